The van der Waals surface area contributed by atoms with Crippen molar-refractivity contribution in [3.8, 4) is 5.75 Å². The summed E-state index contributed by atoms with van der Waals surface area (Å²) in [7, 11) is 3.85. The van der Waals surface area contributed by atoms with Crippen LogP contribution in [0.2, 0.25) is 0 Å². The summed E-state index contributed by atoms with van der Waals surface area (Å²) in [6, 6.07) is 6.91. The molecular formula is C16H24BrNO. The first-order chi connectivity index (χ1) is 9.24. The number of ether oxygens (including phenoxy) is 1. The van der Waals surface area contributed by atoms with Crippen molar-refractivity contribution in [2.24, 2.45) is 5.92 Å². The van der Waals surface area contributed by atoms with Gasteiger partial charge in [-0.2, -0.15) is 0 Å². The van der Waals surface area contributed by atoms with Crippen LogP contribution in [-0.2, 0) is 6.42 Å². The second-order valence-electron chi connectivity index (χ2n) is 5.43. The maximum Gasteiger partial charge on any atom is 0.122 e. The second-order valence-corrected chi connectivity index (χ2v) is 6.35. The third-order valence-electron chi connectivity index (χ3n) is 4.31. The molecule has 1 aromatic carbocycles. The minimum absolute atomic E-state index is 0.645. The molecule has 0 heterocycles. The first-order valence-electron chi connectivity index (χ1n) is 7.24. The zero-order valence-corrected chi connectivity index (χ0v) is 13.5. The van der Waals surface area contributed by atoms with Gasteiger partial charge in [0.15, 0.2) is 0 Å². The Morgan fingerprint density at radius 2 is 2.11 bits per heavy atom. The number of methoxy groups -OCH3 is 1. The number of halogens is 1. The molecule has 3 heteroatoms. The summed E-state index contributed by atoms with van der Waals surface area (Å²) < 4.78 is 6.58. The van der Waals surface area contributed by atoms with Crippen LogP contribution in [0.3, 0.4) is 0 Å². The van der Waals surface area contributed by atoms with E-state index in [-0.39, 0.29) is 0 Å². The maximum absolute atomic E-state index is 5.45. The normalized spacial score (nSPS) is 17.6. The second kappa shape index (κ2) is 7.30. The van der Waals surface area contributed by atoms with Crippen LogP contribution in [0.1, 0.15) is 37.7 Å². The van der Waals surface area contributed by atoms with E-state index in [9.17, 15) is 0 Å². The lowest BCUT2D eigenvalue weighted by Gasteiger charge is -2.23. The number of hydrogen-bond acceptors (Lipinski definition) is 2. The molecule has 1 unspecified atom stereocenters. The van der Waals surface area contributed by atoms with Gasteiger partial charge in [-0.25, -0.2) is 0 Å². The van der Waals surface area contributed by atoms with E-state index in [0.29, 0.717) is 6.04 Å². The molecule has 2 nitrogen and oxygen atoms in total. The van der Waals surface area contributed by atoms with E-state index in [2.05, 4.69) is 34.4 Å². The van der Waals surface area contributed by atoms with Crippen molar-refractivity contribution in [2.45, 2.75) is 44.6 Å². The lowest BCUT2D eigenvalue weighted by atomic mass is 9.92. The molecular weight excluding hydrogens is 302 g/mol. The third kappa shape index (κ3) is 3.96. The highest BCUT2D eigenvalue weighted by molar-refractivity contribution is 9.10. The number of benzene rings is 1. The molecule has 0 spiro atoms. The maximum atomic E-state index is 5.45. The van der Waals surface area contributed by atoms with Crippen LogP contribution in [0.25, 0.3) is 0 Å². The summed E-state index contributed by atoms with van der Waals surface area (Å²) in [6.45, 7) is 0. The number of nitrogens with one attached hydrogen (secondary N) is 1. The number of aryl methyl sites for hydroxylation is 1. The van der Waals surface area contributed by atoms with Gasteiger partial charge >= 0.3 is 0 Å². The molecule has 19 heavy (non-hydrogen) atoms. The quantitative estimate of drug-likeness (QED) is 0.847. The highest BCUT2D eigenvalue weighted by atomic mass is 79.9. The van der Waals surface area contributed by atoms with Crippen molar-refractivity contribution in [3.63, 3.8) is 0 Å². The lowest BCUT2D eigenvalue weighted by Crippen LogP contribution is -2.32. The van der Waals surface area contributed by atoms with E-state index >= 15 is 0 Å². The Morgan fingerprint density at radius 1 is 1.37 bits per heavy atom. The first kappa shape index (κ1) is 14.9. The molecule has 1 saturated carbocycles. The monoisotopic (exact) mass is 325 g/mol. The molecule has 0 radical (unpaired) electrons. The number of rotatable bonds is 6. The smallest absolute Gasteiger partial charge is 0.122 e. The van der Waals surface area contributed by atoms with Gasteiger partial charge in [0.05, 0.1) is 7.11 Å². The minimum atomic E-state index is 0.645. The highest BCUT2D eigenvalue weighted by Gasteiger charge is 2.23. The van der Waals surface area contributed by atoms with Crippen LogP contribution < -0.4 is 10.1 Å². The van der Waals surface area contributed by atoms with Crippen molar-refractivity contribution in [2.75, 3.05) is 14.2 Å². The Morgan fingerprint density at radius 3 is 2.74 bits per heavy atom. The summed E-state index contributed by atoms with van der Waals surface area (Å²) in [5.41, 5.74) is 1.30. The Hall–Kier alpha value is -0.540. The van der Waals surface area contributed by atoms with Crippen LogP contribution in [0.15, 0.2) is 22.7 Å². The van der Waals surface area contributed by atoms with E-state index in [1.165, 1.54) is 37.7 Å². The van der Waals surface area contributed by atoms with E-state index in [1.807, 2.05) is 12.1 Å². The van der Waals surface area contributed by atoms with Crippen molar-refractivity contribution >= 4 is 15.9 Å². The molecule has 1 aliphatic carbocycles. The Balaban J connectivity index is 1.98. The summed E-state index contributed by atoms with van der Waals surface area (Å²) in [5, 5.41) is 3.51. The van der Waals surface area contributed by atoms with Gasteiger partial charge in [-0.1, -0.05) is 28.8 Å². The number of hydrogen-bond donors (Lipinski definition) is 1. The van der Waals surface area contributed by atoms with Gasteiger partial charge in [-0.15, -0.1) is 0 Å². The van der Waals surface area contributed by atoms with Crippen LogP contribution in [0, 0.1) is 5.92 Å². The van der Waals surface area contributed by atoms with Gasteiger partial charge < -0.3 is 10.1 Å². The predicted molar refractivity (Wildman–Crippen MR) is 83.8 cm³/mol. The molecule has 0 aromatic heterocycles. The average Bonchev–Trinajstić information content (AvgIpc) is 2.94. The summed E-state index contributed by atoms with van der Waals surface area (Å²) >= 11 is 3.54. The fraction of sp³-hybridized carbons (Fsp3) is 0.625. The van der Waals surface area contributed by atoms with Crippen LogP contribution in [-0.4, -0.2) is 20.2 Å². The first-order valence-corrected chi connectivity index (χ1v) is 8.03. The molecule has 106 valence electrons. The Labute approximate surface area is 125 Å². The van der Waals surface area contributed by atoms with Gasteiger partial charge in [0.1, 0.15) is 5.75 Å². The minimum Gasteiger partial charge on any atom is -0.496 e. The van der Waals surface area contributed by atoms with Crippen molar-refractivity contribution in [1.29, 1.82) is 0 Å². The van der Waals surface area contributed by atoms with Crippen molar-refractivity contribution in [1.82, 2.24) is 5.32 Å². The topological polar surface area (TPSA) is 21.3 Å². The molecule has 1 aromatic rings. The van der Waals surface area contributed by atoms with Crippen molar-refractivity contribution in [3.05, 3.63) is 28.2 Å². The predicted octanol–water partition coefficient (Wildman–Crippen LogP) is 4.17. The fourth-order valence-corrected chi connectivity index (χ4v) is 3.64. The summed E-state index contributed by atoms with van der Waals surface area (Å²) in [6.07, 6.45) is 7.85. The van der Waals surface area contributed by atoms with Gasteiger partial charge in [0, 0.05) is 10.5 Å². The largest absolute Gasteiger partial charge is 0.496 e. The van der Waals surface area contributed by atoms with Gasteiger partial charge in [0.2, 0.25) is 0 Å². The fourth-order valence-electron chi connectivity index (χ4n) is 3.23. The van der Waals surface area contributed by atoms with Crippen molar-refractivity contribution < 1.29 is 4.74 Å². The van der Waals surface area contributed by atoms with E-state index < -0.39 is 0 Å². The highest BCUT2D eigenvalue weighted by Crippen LogP contribution is 2.31. The Kier molecular flexibility index (Phi) is 5.71. The molecule has 0 bridgehead atoms. The average molecular weight is 326 g/mol. The van der Waals surface area contributed by atoms with Crippen LogP contribution in [0.5, 0.6) is 5.75 Å². The molecule has 1 N–H and O–H groups in total. The van der Waals surface area contributed by atoms with Gasteiger partial charge in [-0.3, -0.25) is 0 Å². The molecule has 0 aliphatic heterocycles. The summed E-state index contributed by atoms with van der Waals surface area (Å²) in [5.74, 6) is 1.87. The van der Waals surface area contributed by atoms with Crippen LogP contribution >= 0.6 is 15.9 Å². The molecule has 1 fully saturated rings. The molecule has 0 saturated heterocycles. The standard InChI is InChI=1S/C16H24BrNO/c1-18-15(12-5-3-4-6-12)9-7-13-11-14(17)8-10-16(13)19-2/h8,10-12,15,18H,3-7,9H2,1-2H3. The molecule has 1 atom stereocenters. The molecule has 2 rings (SSSR count). The van der Waals surface area contributed by atoms with Gasteiger partial charge in [0.25, 0.3) is 0 Å². The zero-order chi connectivity index (χ0) is 13.7. The van der Waals surface area contributed by atoms with E-state index in [4.69, 9.17) is 4.74 Å². The molecule has 1 aliphatic rings. The lowest BCUT2D eigenvalue weighted by molar-refractivity contribution is 0.356. The van der Waals surface area contributed by atoms with E-state index in [1.54, 1.807) is 7.11 Å². The third-order valence-corrected chi connectivity index (χ3v) is 4.80. The zero-order valence-electron chi connectivity index (χ0n) is 11.9. The van der Waals surface area contributed by atoms with Crippen LogP contribution in [0.4, 0.5) is 0 Å². The van der Waals surface area contributed by atoms with E-state index in [0.717, 1.165) is 22.6 Å². The van der Waals surface area contributed by atoms with Gasteiger partial charge in [-0.05, 0) is 62.4 Å². The molecule has 0 amide bonds. The summed E-state index contributed by atoms with van der Waals surface area (Å²) in [4.78, 5) is 0. The SMILES string of the molecule is CNC(CCc1cc(Br)ccc1OC)C1CCCC1. The Bertz CT molecular complexity index is 402.